The number of aliphatic hydroxyl groups is 1. The summed E-state index contributed by atoms with van der Waals surface area (Å²) < 4.78 is 6.44. The van der Waals surface area contributed by atoms with Gasteiger partial charge in [-0.25, -0.2) is 4.98 Å². The van der Waals surface area contributed by atoms with Crippen molar-refractivity contribution in [3.05, 3.63) is 99.1 Å². The highest BCUT2D eigenvalue weighted by molar-refractivity contribution is 7.22. The molecule has 1 unspecified atom stereocenters. The second-order valence-electron chi connectivity index (χ2n) is 8.86. The normalized spacial score (nSPS) is 16.8. The lowest BCUT2D eigenvalue weighted by Crippen LogP contribution is -2.29. The van der Waals surface area contributed by atoms with E-state index < -0.39 is 22.7 Å². The summed E-state index contributed by atoms with van der Waals surface area (Å²) in [6.45, 7) is 4.47. The van der Waals surface area contributed by atoms with Crippen LogP contribution in [0.15, 0.2) is 72.3 Å². The lowest BCUT2D eigenvalue weighted by atomic mass is 9.95. The quantitative estimate of drug-likeness (QED) is 0.103. The number of benzene rings is 3. The third-order valence-corrected chi connectivity index (χ3v) is 7.22. The average molecular weight is 530 g/mol. The van der Waals surface area contributed by atoms with Crippen LogP contribution in [0, 0.1) is 17.0 Å². The highest BCUT2D eigenvalue weighted by atomic mass is 32.1. The molecule has 1 aliphatic rings. The summed E-state index contributed by atoms with van der Waals surface area (Å²) in [4.78, 5) is 43.3. The third kappa shape index (κ3) is 4.50. The lowest BCUT2D eigenvalue weighted by molar-refractivity contribution is -0.384. The van der Waals surface area contributed by atoms with E-state index in [2.05, 4.69) is 4.98 Å². The molecule has 38 heavy (non-hydrogen) atoms. The van der Waals surface area contributed by atoms with E-state index in [0.717, 1.165) is 16.7 Å². The van der Waals surface area contributed by atoms with Gasteiger partial charge in [0.15, 0.2) is 5.13 Å². The summed E-state index contributed by atoms with van der Waals surface area (Å²) in [5, 5.41) is 22.8. The third-order valence-electron chi connectivity index (χ3n) is 6.20. The molecule has 0 bridgehead atoms. The van der Waals surface area contributed by atoms with Gasteiger partial charge in [-0.2, -0.15) is 0 Å². The number of anilines is 1. The van der Waals surface area contributed by atoms with Crippen LogP contribution in [0.3, 0.4) is 0 Å². The highest BCUT2D eigenvalue weighted by Crippen LogP contribution is 2.44. The van der Waals surface area contributed by atoms with Gasteiger partial charge in [0.05, 0.1) is 33.4 Å². The molecule has 1 atom stereocenters. The number of amides is 1. The van der Waals surface area contributed by atoms with Crippen molar-refractivity contribution >= 4 is 49.8 Å². The van der Waals surface area contributed by atoms with Crippen LogP contribution in [0.5, 0.6) is 5.75 Å². The van der Waals surface area contributed by atoms with E-state index in [-0.39, 0.29) is 17.0 Å². The summed E-state index contributed by atoms with van der Waals surface area (Å²) in [5.41, 5.74) is 2.19. The molecule has 0 radical (unpaired) electrons. The maximum atomic E-state index is 13.4. The van der Waals surface area contributed by atoms with Gasteiger partial charge in [-0.15, -0.1) is 0 Å². The number of nitrogens with zero attached hydrogens (tertiary/aromatic N) is 3. The number of ether oxygens (including phenoxy) is 1. The zero-order valence-electron chi connectivity index (χ0n) is 20.6. The Balaban J connectivity index is 1.65. The van der Waals surface area contributed by atoms with Crippen molar-refractivity contribution in [1.82, 2.24) is 4.98 Å². The van der Waals surface area contributed by atoms with E-state index >= 15 is 0 Å². The number of Topliss-reactive ketones (excluding diaryl/α,β-unsaturated/α-hetero) is 1. The number of carbonyl (C=O) groups is 2. The molecule has 3 aromatic carbocycles. The molecule has 0 aliphatic carbocycles. The maximum absolute atomic E-state index is 13.4. The molecule has 0 spiro atoms. The van der Waals surface area contributed by atoms with Crippen molar-refractivity contribution in [3.63, 3.8) is 0 Å². The minimum absolute atomic E-state index is 0.124. The number of aliphatic hydroxyl groups excluding tert-OH is 1. The number of hydrogen-bond donors (Lipinski definition) is 1. The number of hydrogen-bond acceptors (Lipinski definition) is 8. The van der Waals surface area contributed by atoms with Crippen molar-refractivity contribution in [2.24, 2.45) is 0 Å². The highest BCUT2D eigenvalue weighted by Gasteiger charge is 2.48. The van der Waals surface area contributed by atoms with Gasteiger partial charge in [0.25, 0.3) is 11.5 Å². The standard InChI is InChI=1S/C28H23N3O6S/c1-3-14-37-20-11-7-18(8-12-20)25(32)23-24(17-5-9-19(10-6-17)31(35)36)30(27(34)26(23)33)28-29-21-13-4-16(2)15-22(21)38-28/h4-13,15,24,32H,3,14H2,1-2H3. The smallest absolute Gasteiger partial charge is 0.301 e. The summed E-state index contributed by atoms with van der Waals surface area (Å²) >= 11 is 1.25. The fraction of sp³-hybridized carbons (Fsp3) is 0.179. The first-order valence-corrected chi connectivity index (χ1v) is 12.8. The van der Waals surface area contributed by atoms with Crippen LogP contribution in [0.2, 0.25) is 0 Å². The molecule has 1 amide bonds. The first kappa shape index (κ1) is 25.1. The molecule has 1 saturated heterocycles. The van der Waals surface area contributed by atoms with Gasteiger partial charge in [0.1, 0.15) is 11.5 Å². The summed E-state index contributed by atoms with van der Waals surface area (Å²) in [7, 11) is 0. The van der Waals surface area contributed by atoms with Crippen LogP contribution in [0.1, 0.15) is 36.1 Å². The van der Waals surface area contributed by atoms with E-state index in [9.17, 15) is 24.8 Å². The molecular formula is C28H23N3O6S. The number of thiazole rings is 1. The largest absolute Gasteiger partial charge is 0.507 e. The Morgan fingerprint density at radius 3 is 2.47 bits per heavy atom. The minimum Gasteiger partial charge on any atom is -0.507 e. The topological polar surface area (TPSA) is 123 Å². The summed E-state index contributed by atoms with van der Waals surface area (Å²) in [6.07, 6.45) is 0.839. The fourth-order valence-corrected chi connectivity index (χ4v) is 5.42. The summed E-state index contributed by atoms with van der Waals surface area (Å²) in [6, 6.07) is 16.8. The van der Waals surface area contributed by atoms with Gasteiger partial charge in [-0.05, 0) is 73.0 Å². The zero-order valence-corrected chi connectivity index (χ0v) is 21.4. The van der Waals surface area contributed by atoms with Gasteiger partial charge < -0.3 is 9.84 Å². The molecule has 9 nitrogen and oxygen atoms in total. The molecule has 1 N–H and O–H groups in total. The maximum Gasteiger partial charge on any atom is 0.301 e. The minimum atomic E-state index is -1.03. The zero-order chi connectivity index (χ0) is 27.0. The molecule has 10 heteroatoms. The van der Waals surface area contributed by atoms with Gasteiger partial charge in [0, 0.05) is 17.7 Å². The first-order chi connectivity index (χ1) is 18.3. The number of aromatic nitrogens is 1. The number of aryl methyl sites for hydroxylation is 1. The van der Waals surface area contributed by atoms with Gasteiger partial charge in [-0.3, -0.25) is 24.6 Å². The second kappa shape index (κ2) is 10.1. The average Bonchev–Trinajstić information content (AvgIpc) is 3.44. The van der Waals surface area contributed by atoms with Crippen LogP contribution in [0.25, 0.3) is 16.0 Å². The van der Waals surface area contributed by atoms with Crippen LogP contribution < -0.4 is 9.64 Å². The van der Waals surface area contributed by atoms with Crippen molar-refractivity contribution in [3.8, 4) is 5.75 Å². The number of carbonyl (C=O) groups excluding carboxylic acids is 2. The van der Waals surface area contributed by atoms with Crippen LogP contribution in [-0.2, 0) is 9.59 Å². The molecule has 0 saturated carbocycles. The SMILES string of the molecule is CCCOc1ccc(C(O)=C2C(=O)C(=O)N(c3nc4ccc(C)cc4s3)C2c2ccc([N+](=O)[O-])cc2)cc1. The Morgan fingerprint density at radius 1 is 1.11 bits per heavy atom. The van der Waals surface area contributed by atoms with E-state index in [1.165, 1.54) is 40.5 Å². The molecular weight excluding hydrogens is 506 g/mol. The molecule has 5 rings (SSSR count). The van der Waals surface area contributed by atoms with Crippen molar-refractivity contribution in [2.75, 3.05) is 11.5 Å². The fourth-order valence-electron chi connectivity index (χ4n) is 4.33. The van der Waals surface area contributed by atoms with E-state index in [1.807, 2.05) is 32.0 Å². The van der Waals surface area contributed by atoms with Crippen molar-refractivity contribution < 1.29 is 24.4 Å². The monoisotopic (exact) mass is 529 g/mol. The number of nitro benzene ring substituents is 1. The second-order valence-corrected chi connectivity index (χ2v) is 9.87. The molecule has 1 fully saturated rings. The van der Waals surface area contributed by atoms with Crippen LogP contribution in [0.4, 0.5) is 10.8 Å². The molecule has 1 aromatic heterocycles. The predicted octanol–water partition coefficient (Wildman–Crippen LogP) is 5.93. The Hall–Kier alpha value is -4.57. The van der Waals surface area contributed by atoms with Crippen LogP contribution >= 0.6 is 11.3 Å². The number of rotatable bonds is 7. The Labute approximate surface area is 221 Å². The Kier molecular flexibility index (Phi) is 6.64. The first-order valence-electron chi connectivity index (χ1n) is 11.9. The van der Waals surface area contributed by atoms with E-state index in [4.69, 9.17) is 4.74 Å². The molecule has 192 valence electrons. The van der Waals surface area contributed by atoms with E-state index in [1.54, 1.807) is 24.3 Å². The number of non-ortho nitro benzene ring substituents is 1. The predicted molar refractivity (Wildman–Crippen MR) is 144 cm³/mol. The Morgan fingerprint density at radius 2 is 1.82 bits per heavy atom. The molecule has 1 aliphatic heterocycles. The van der Waals surface area contributed by atoms with Crippen LogP contribution in [-0.4, -0.2) is 33.3 Å². The lowest BCUT2D eigenvalue weighted by Gasteiger charge is -2.22. The summed E-state index contributed by atoms with van der Waals surface area (Å²) in [5.74, 6) is -1.45. The number of ketones is 1. The Bertz CT molecular complexity index is 1590. The number of nitro groups is 1. The van der Waals surface area contributed by atoms with Crippen molar-refractivity contribution in [1.29, 1.82) is 0 Å². The van der Waals surface area contributed by atoms with Crippen molar-refractivity contribution in [2.45, 2.75) is 26.3 Å². The van der Waals surface area contributed by atoms with E-state index in [0.29, 0.717) is 34.1 Å². The van der Waals surface area contributed by atoms with Gasteiger partial charge >= 0.3 is 5.91 Å². The molecule has 2 heterocycles. The van der Waals surface area contributed by atoms with Gasteiger partial charge in [-0.1, -0.05) is 24.3 Å². The molecule has 4 aromatic rings. The van der Waals surface area contributed by atoms with Gasteiger partial charge in [0.2, 0.25) is 0 Å². The number of fused-ring (bicyclic) bond motifs is 1.